The first kappa shape index (κ1) is 24.2. The minimum Gasteiger partial charge on any atom is -0.495 e. The number of rotatable bonds is 8. The number of carbonyl (C=O) groups is 2. The fourth-order valence-corrected chi connectivity index (χ4v) is 4.78. The minimum absolute atomic E-state index is 0.0575. The third-order valence-corrected chi connectivity index (χ3v) is 6.90. The van der Waals surface area contributed by atoms with Gasteiger partial charge in [-0.15, -0.1) is 0 Å². The van der Waals surface area contributed by atoms with Crippen LogP contribution in [0.3, 0.4) is 0 Å². The van der Waals surface area contributed by atoms with Crippen molar-refractivity contribution in [3.8, 4) is 5.75 Å². The van der Waals surface area contributed by atoms with Crippen LogP contribution in [0.25, 0.3) is 0 Å². The summed E-state index contributed by atoms with van der Waals surface area (Å²) in [5, 5.41) is 13.3. The highest BCUT2D eigenvalue weighted by Crippen LogP contribution is 2.31. The van der Waals surface area contributed by atoms with E-state index in [2.05, 4.69) is 5.32 Å². The number of benzene rings is 1. The number of methoxy groups -OCH3 is 1. The maximum absolute atomic E-state index is 12.8. The van der Waals surface area contributed by atoms with Gasteiger partial charge in [0.15, 0.2) is 0 Å². The Morgan fingerprint density at radius 1 is 1.24 bits per heavy atom. The van der Waals surface area contributed by atoms with E-state index in [1.165, 1.54) is 41.7 Å². The molecule has 3 rings (SSSR count). The van der Waals surface area contributed by atoms with Gasteiger partial charge in [-0.25, -0.2) is 13.2 Å². The molecule has 1 saturated heterocycles. The lowest BCUT2D eigenvalue weighted by molar-refractivity contribution is -0.384. The van der Waals surface area contributed by atoms with E-state index in [9.17, 15) is 28.1 Å². The van der Waals surface area contributed by atoms with Crippen molar-refractivity contribution in [3.63, 3.8) is 0 Å². The fourth-order valence-electron chi connectivity index (χ4n) is 3.40. The first-order chi connectivity index (χ1) is 15.7. The highest BCUT2D eigenvalue weighted by atomic mass is 32.2. The van der Waals surface area contributed by atoms with Gasteiger partial charge < -0.3 is 19.2 Å². The summed E-state index contributed by atoms with van der Waals surface area (Å²) in [5.41, 5.74) is -0.0403. The molecule has 1 aliphatic rings. The van der Waals surface area contributed by atoms with Gasteiger partial charge in [0.05, 0.1) is 24.3 Å². The maximum Gasteiger partial charge on any atom is 0.374 e. The van der Waals surface area contributed by atoms with Crippen molar-refractivity contribution in [2.24, 2.45) is 5.92 Å². The first-order valence-corrected chi connectivity index (χ1v) is 11.5. The van der Waals surface area contributed by atoms with Crippen LogP contribution < -0.4 is 10.1 Å². The van der Waals surface area contributed by atoms with Gasteiger partial charge in [0.2, 0.25) is 16.8 Å². The molecule has 1 aromatic heterocycles. The molecule has 1 aromatic carbocycles. The normalized spacial score (nSPS) is 15.1. The summed E-state index contributed by atoms with van der Waals surface area (Å²) in [5.74, 6) is -1.61. The van der Waals surface area contributed by atoms with Gasteiger partial charge in [0.1, 0.15) is 5.75 Å². The van der Waals surface area contributed by atoms with E-state index >= 15 is 0 Å². The summed E-state index contributed by atoms with van der Waals surface area (Å²) in [6.07, 6.45) is 0.460. The lowest BCUT2D eigenvalue weighted by atomic mass is 9.97. The number of ether oxygens (including phenoxy) is 2. The second-order valence-electron chi connectivity index (χ2n) is 7.15. The van der Waals surface area contributed by atoms with Crippen molar-refractivity contribution in [3.05, 3.63) is 46.2 Å². The van der Waals surface area contributed by atoms with Gasteiger partial charge in [0, 0.05) is 31.1 Å². The van der Waals surface area contributed by atoms with E-state index in [1.54, 1.807) is 6.92 Å². The Balaban J connectivity index is 1.65. The van der Waals surface area contributed by atoms with Gasteiger partial charge in [-0.2, -0.15) is 4.31 Å². The van der Waals surface area contributed by atoms with Gasteiger partial charge in [-0.3, -0.25) is 14.9 Å². The Kier molecular flexibility index (Phi) is 7.33. The zero-order valence-corrected chi connectivity index (χ0v) is 18.8. The molecule has 2 heterocycles. The number of nitro groups is 1. The zero-order chi connectivity index (χ0) is 24.2. The second-order valence-corrected chi connectivity index (χ2v) is 9.02. The zero-order valence-electron chi connectivity index (χ0n) is 18.0. The summed E-state index contributed by atoms with van der Waals surface area (Å²) < 4.78 is 42.0. The van der Waals surface area contributed by atoms with E-state index < -0.39 is 32.7 Å². The third-order valence-electron chi connectivity index (χ3n) is 5.13. The molecule has 0 spiro atoms. The molecule has 1 fully saturated rings. The van der Waals surface area contributed by atoms with Crippen LogP contribution in [0.4, 0.5) is 11.4 Å². The van der Waals surface area contributed by atoms with Crippen LogP contribution in [0.1, 0.15) is 30.3 Å². The number of hydrogen-bond acceptors (Lipinski definition) is 9. The van der Waals surface area contributed by atoms with Crippen LogP contribution in [0, 0.1) is 16.0 Å². The SMILES string of the molecule is CCOC(=O)c1ccc(S(=O)(=O)N2CCC(C(=O)Nc3cc([N+](=O)[O-])ccc3OC)CC2)o1. The van der Waals surface area contributed by atoms with Crippen molar-refractivity contribution >= 4 is 33.3 Å². The van der Waals surface area contributed by atoms with Crippen LogP contribution in [0.5, 0.6) is 5.75 Å². The van der Waals surface area contributed by atoms with Gasteiger partial charge in [-0.1, -0.05) is 0 Å². The van der Waals surface area contributed by atoms with E-state index in [1.807, 2.05) is 0 Å². The number of furan rings is 1. The molecule has 1 N–H and O–H groups in total. The highest BCUT2D eigenvalue weighted by molar-refractivity contribution is 7.89. The van der Waals surface area contributed by atoms with Crippen molar-refractivity contribution in [1.29, 1.82) is 0 Å². The van der Waals surface area contributed by atoms with Gasteiger partial charge in [0.25, 0.3) is 15.7 Å². The molecule has 1 aliphatic heterocycles. The Morgan fingerprint density at radius 3 is 2.55 bits per heavy atom. The van der Waals surface area contributed by atoms with Crippen molar-refractivity contribution in [2.45, 2.75) is 24.9 Å². The quantitative estimate of drug-likeness (QED) is 0.339. The number of hydrogen-bond donors (Lipinski definition) is 1. The molecule has 0 bridgehead atoms. The smallest absolute Gasteiger partial charge is 0.374 e. The number of amides is 1. The molecule has 0 atom stereocenters. The monoisotopic (exact) mass is 481 g/mol. The second kappa shape index (κ2) is 10.0. The summed E-state index contributed by atoms with van der Waals surface area (Å²) in [6.45, 7) is 1.86. The molecule has 0 radical (unpaired) electrons. The maximum atomic E-state index is 12.8. The molecule has 0 saturated carbocycles. The van der Waals surface area contributed by atoms with Crippen molar-refractivity contribution < 1.29 is 36.8 Å². The summed E-state index contributed by atoms with van der Waals surface area (Å²) >= 11 is 0. The Hall–Kier alpha value is -3.45. The molecule has 12 nitrogen and oxygen atoms in total. The first-order valence-electron chi connectivity index (χ1n) is 10.1. The predicted molar refractivity (Wildman–Crippen MR) is 114 cm³/mol. The Bertz CT molecular complexity index is 1150. The largest absolute Gasteiger partial charge is 0.495 e. The van der Waals surface area contributed by atoms with Crippen molar-refractivity contribution in [2.75, 3.05) is 32.1 Å². The van der Waals surface area contributed by atoms with E-state index in [-0.39, 0.29) is 60.5 Å². The average Bonchev–Trinajstić information content (AvgIpc) is 3.30. The highest BCUT2D eigenvalue weighted by Gasteiger charge is 2.34. The van der Waals surface area contributed by atoms with E-state index in [0.717, 1.165) is 0 Å². The van der Waals surface area contributed by atoms with Crippen LogP contribution in [-0.2, 0) is 19.6 Å². The number of piperidine rings is 1. The minimum atomic E-state index is -3.99. The molecule has 0 aliphatic carbocycles. The van der Waals surface area contributed by atoms with Gasteiger partial charge >= 0.3 is 5.97 Å². The predicted octanol–water partition coefficient (Wildman–Crippen LogP) is 2.41. The number of nitrogens with zero attached hydrogens (tertiary/aromatic N) is 2. The Morgan fingerprint density at radius 2 is 1.94 bits per heavy atom. The van der Waals surface area contributed by atoms with E-state index in [0.29, 0.717) is 0 Å². The molecule has 33 heavy (non-hydrogen) atoms. The molecule has 178 valence electrons. The topological polar surface area (TPSA) is 158 Å². The standard InChI is InChI=1S/C20H23N3O9S/c1-3-31-20(25)17-6-7-18(32-17)33(28,29)22-10-8-13(9-11-22)19(24)21-15-12-14(23(26)27)4-5-16(15)30-2/h4-7,12-13H,3,8-11H2,1-2H3,(H,21,24). The number of nitro benzene ring substituents is 1. The lowest BCUT2D eigenvalue weighted by Gasteiger charge is -2.29. The number of carbonyl (C=O) groups excluding carboxylic acids is 2. The average molecular weight is 481 g/mol. The van der Waals surface area contributed by atoms with Crippen LogP contribution >= 0.6 is 0 Å². The fraction of sp³-hybridized carbons (Fsp3) is 0.400. The summed E-state index contributed by atoms with van der Waals surface area (Å²) in [6, 6.07) is 6.28. The molecular formula is C20H23N3O9S. The third kappa shape index (κ3) is 5.31. The molecular weight excluding hydrogens is 458 g/mol. The number of non-ortho nitro benzene ring substituents is 1. The molecule has 0 unspecified atom stereocenters. The summed E-state index contributed by atoms with van der Waals surface area (Å²) in [4.78, 5) is 34.9. The Labute approximate surface area is 189 Å². The number of esters is 1. The lowest BCUT2D eigenvalue weighted by Crippen LogP contribution is -2.41. The number of anilines is 1. The van der Waals surface area contributed by atoms with Crippen LogP contribution in [0.2, 0.25) is 0 Å². The molecule has 13 heteroatoms. The van der Waals surface area contributed by atoms with Crippen LogP contribution in [-0.4, -0.2) is 56.3 Å². The number of nitrogens with one attached hydrogen (secondary N) is 1. The molecule has 1 amide bonds. The van der Waals surface area contributed by atoms with Gasteiger partial charge in [-0.05, 0) is 38.0 Å². The molecule has 2 aromatic rings. The number of sulfonamides is 1. The van der Waals surface area contributed by atoms with E-state index in [4.69, 9.17) is 13.9 Å². The van der Waals surface area contributed by atoms with Crippen molar-refractivity contribution in [1.82, 2.24) is 4.31 Å². The van der Waals surface area contributed by atoms with Crippen LogP contribution in [0.15, 0.2) is 39.8 Å². The summed E-state index contributed by atoms with van der Waals surface area (Å²) in [7, 11) is -2.61.